The minimum atomic E-state index is -0.179. The highest BCUT2D eigenvalue weighted by atomic mass is 16.5. The van der Waals surface area contributed by atoms with Crippen LogP contribution in [0.2, 0.25) is 0 Å². The number of hydrogen-bond donors (Lipinski definition) is 1. The smallest absolute Gasteiger partial charge is 0.226 e. The van der Waals surface area contributed by atoms with E-state index in [9.17, 15) is 9.59 Å². The summed E-state index contributed by atoms with van der Waals surface area (Å²) in [4.78, 5) is 26.0. The van der Waals surface area contributed by atoms with Gasteiger partial charge >= 0.3 is 0 Å². The van der Waals surface area contributed by atoms with Crippen LogP contribution in [-0.4, -0.2) is 23.5 Å². The summed E-state index contributed by atoms with van der Waals surface area (Å²) in [7, 11) is 0. The molecule has 1 aromatic heterocycles. The molecule has 0 bridgehead atoms. The largest absolute Gasteiger partial charge is 0.360 e. The zero-order valence-electron chi connectivity index (χ0n) is 17.0. The number of para-hydroxylation sites is 1. The number of aromatic nitrogens is 1. The van der Waals surface area contributed by atoms with E-state index in [0.29, 0.717) is 23.4 Å². The predicted molar refractivity (Wildman–Crippen MR) is 107 cm³/mol. The Bertz CT molecular complexity index is 783. The third-order valence-corrected chi connectivity index (χ3v) is 4.47. The van der Waals surface area contributed by atoms with Crippen molar-refractivity contribution in [2.75, 3.05) is 16.8 Å². The molecular formula is C21H29N3O3. The molecule has 146 valence electrons. The van der Waals surface area contributed by atoms with Crippen molar-refractivity contribution >= 4 is 23.3 Å². The lowest BCUT2D eigenvalue weighted by Gasteiger charge is -2.21. The zero-order valence-corrected chi connectivity index (χ0v) is 17.0. The van der Waals surface area contributed by atoms with Crippen molar-refractivity contribution in [3.63, 3.8) is 0 Å². The van der Waals surface area contributed by atoms with Crippen LogP contribution in [0.15, 0.2) is 28.8 Å². The summed E-state index contributed by atoms with van der Waals surface area (Å²) in [5.74, 6) is 1.33. The predicted octanol–water partition coefficient (Wildman–Crippen LogP) is 4.61. The van der Waals surface area contributed by atoms with Crippen molar-refractivity contribution in [2.24, 2.45) is 0 Å². The molecule has 0 atom stereocenters. The standard InChI is InChI=1S/C21H29N3O3/c1-13(2)17-8-7-9-18(14(3)4)21(17)22-20(26)10-11-24(16(6)25)19-12-15(5)27-23-19/h7-9,12-14H,10-11H2,1-6H3,(H,22,26). The Hall–Kier alpha value is -2.63. The molecule has 0 spiro atoms. The Morgan fingerprint density at radius 2 is 1.74 bits per heavy atom. The molecule has 1 heterocycles. The molecule has 2 amide bonds. The Morgan fingerprint density at radius 3 is 2.19 bits per heavy atom. The lowest BCUT2D eigenvalue weighted by atomic mass is 9.92. The van der Waals surface area contributed by atoms with E-state index in [-0.39, 0.29) is 24.8 Å². The molecule has 0 unspecified atom stereocenters. The summed E-state index contributed by atoms with van der Waals surface area (Å²) in [5, 5.41) is 6.94. The summed E-state index contributed by atoms with van der Waals surface area (Å²) in [6.07, 6.45) is 0.176. The first kappa shape index (κ1) is 20.7. The fraction of sp³-hybridized carbons (Fsp3) is 0.476. The molecular weight excluding hydrogens is 342 g/mol. The van der Waals surface area contributed by atoms with Gasteiger partial charge in [0, 0.05) is 31.6 Å². The fourth-order valence-corrected chi connectivity index (χ4v) is 3.02. The lowest BCUT2D eigenvalue weighted by molar-refractivity contribution is -0.117. The Kier molecular flexibility index (Phi) is 6.77. The number of amides is 2. The Morgan fingerprint density at radius 1 is 1.15 bits per heavy atom. The summed E-state index contributed by atoms with van der Waals surface area (Å²) in [6, 6.07) is 7.81. The maximum absolute atomic E-state index is 12.6. The Balaban J connectivity index is 2.14. The fourth-order valence-electron chi connectivity index (χ4n) is 3.02. The highest BCUT2D eigenvalue weighted by Crippen LogP contribution is 2.32. The average molecular weight is 371 g/mol. The van der Waals surface area contributed by atoms with Gasteiger partial charge in [0.15, 0.2) is 5.82 Å². The third kappa shape index (κ3) is 5.18. The van der Waals surface area contributed by atoms with Crippen LogP contribution in [0.4, 0.5) is 11.5 Å². The van der Waals surface area contributed by atoms with E-state index < -0.39 is 0 Å². The van der Waals surface area contributed by atoms with Gasteiger partial charge in [-0.2, -0.15) is 0 Å². The second-order valence-electron chi connectivity index (χ2n) is 7.39. The van der Waals surface area contributed by atoms with Crippen LogP contribution in [-0.2, 0) is 9.59 Å². The third-order valence-electron chi connectivity index (χ3n) is 4.47. The minimum Gasteiger partial charge on any atom is -0.360 e. The van der Waals surface area contributed by atoms with E-state index in [2.05, 4.69) is 38.2 Å². The molecule has 1 aromatic carbocycles. The molecule has 6 heteroatoms. The first-order valence-electron chi connectivity index (χ1n) is 9.34. The SMILES string of the molecule is CC(=O)N(CCC(=O)Nc1c(C(C)C)cccc1C(C)C)c1cc(C)on1. The van der Waals surface area contributed by atoms with Gasteiger partial charge in [0.2, 0.25) is 11.8 Å². The summed E-state index contributed by atoms with van der Waals surface area (Å²) in [6.45, 7) is 11.9. The number of rotatable bonds is 7. The van der Waals surface area contributed by atoms with Crippen LogP contribution < -0.4 is 10.2 Å². The van der Waals surface area contributed by atoms with Crippen LogP contribution in [0.5, 0.6) is 0 Å². The van der Waals surface area contributed by atoms with Gasteiger partial charge in [-0.3, -0.25) is 14.5 Å². The average Bonchev–Trinajstić information content (AvgIpc) is 3.00. The highest BCUT2D eigenvalue weighted by molar-refractivity contribution is 5.95. The van der Waals surface area contributed by atoms with Crippen molar-refractivity contribution < 1.29 is 14.1 Å². The van der Waals surface area contributed by atoms with Gasteiger partial charge in [0.05, 0.1) is 0 Å². The normalized spacial score (nSPS) is 11.1. The first-order chi connectivity index (χ1) is 12.7. The molecule has 2 aromatic rings. The molecule has 2 rings (SSSR count). The number of hydrogen-bond acceptors (Lipinski definition) is 4. The number of aryl methyl sites for hydroxylation is 1. The van der Waals surface area contributed by atoms with Crippen LogP contribution in [0.1, 0.15) is 69.8 Å². The van der Waals surface area contributed by atoms with Crippen LogP contribution in [0.3, 0.4) is 0 Å². The van der Waals surface area contributed by atoms with Crippen molar-refractivity contribution in [1.82, 2.24) is 5.16 Å². The first-order valence-corrected chi connectivity index (χ1v) is 9.34. The maximum atomic E-state index is 12.6. The van der Waals surface area contributed by atoms with Crippen LogP contribution in [0.25, 0.3) is 0 Å². The second-order valence-corrected chi connectivity index (χ2v) is 7.39. The van der Waals surface area contributed by atoms with Crippen molar-refractivity contribution in [3.8, 4) is 0 Å². The van der Waals surface area contributed by atoms with E-state index in [1.54, 1.807) is 13.0 Å². The quantitative estimate of drug-likeness (QED) is 0.771. The van der Waals surface area contributed by atoms with Gasteiger partial charge < -0.3 is 9.84 Å². The highest BCUT2D eigenvalue weighted by Gasteiger charge is 2.19. The molecule has 0 saturated carbocycles. The summed E-state index contributed by atoms with van der Waals surface area (Å²) >= 11 is 0. The van der Waals surface area contributed by atoms with E-state index >= 15 is 0 Å². The van der Waals surface area contributed by atoms with Gasteiger partial charge in [-0.1, -0.05) is 51.1 Å². The Labute approximate surface area is 160 Å². The number of benzene rings is 1. The van der Waals surface area contributed by atoms with Gasteiger partial charge in [-0.25, -0.2) is 0 Å². The summed E-state index contributed by atoms with van der Waals surface area (Å²) < 4.78 is 5.04. The van der Waals surface area contributed by atoms with Crippen molar-refractivity contribution in [1.29, 1.82) is 0 Å². The van der Waals surface area contributed by atoms with Gasteiger partial charge in [0.1, 0.15) is 5.76 Å². The number of nitrogens with zero attached hydrogens (tertiary/aromatic N) is 2. The number of anilines is 2. The van der Waals surface area contributed by atoms with Crippen LogP contribution >= 0.6 is 0 Å². The van der Waals surface area contributed by atoms with E-state index in [0.717, 1.165) is 16.8 Å². The molecule has 0 aliphatic carbocycles. The number of carbonyl (C=O) groups is 2. The molecule has 27 heavy (non-hydrogen) atoms. The monoisotopic (exact) mass is 371 g/mol. The number of carbonyl (C=O) groups excluding carboxylic acids is 2. The van der Waals surface area contributed by atoms with Gasteiger partial charge in [0.25, 0.3) is 0 Å². The topological polar surface area (TPSA) is 75.4 Å². The lowest BCUT2D eigenvalue weighted by Crippen LogP contribution is -2.32. The molecule has 1 N–H and O–H groups in total. The molecule has 6 nitrogen and oxygen atoms in total. The van der Waals surface area contributed by atoms with Crippen molar-refractivity contribution in [3.05, 3.63) is 41.2 Å². The molecule has 0 fully saturated rings. The molecule has 0 aliphatic heterocycles. The zero-order chi connectivity index (χ0) is 20.1. The molecule has 0 saturated heterocycles. The van der Waals surface area contributed by atoms with Gasteiger partial charge in [-0.15, -0.1) is 0 Å². The van der Waals surface area contributed by atoms with Gasteiger partial charge in [-0.05, 0) is 29.9 Å². The summed E-state index contributed by atoms with van der Waals surface area (Å²) in [5.41, 5.74) is 3.12. The number of nitrogens with one attached hydrogen (secondary N) is 1. The minimum absolute atomic E-state index is 0.128. The second kappa shape index (κ2) is 8.84. The molecule has 0 aliphatic rings. The van der Waals surface area contributed by atoms with Crippen LogP contribution in [0, 0.1) is 6.92 Å². The van der Waals surface area contributed by atoms with E-state index in [4.69, 9.17) is 4.52 Å². The molecule has 0 radical (unpaired) electrons. The maximum Gasteiger partial charge on any atom is 0.226 e. The van der Waals surface area contributed by atoms with E-state index in [1.165, 1.54) is 11.8 Å². The van der Waals surface area contributed by atoms with E-state index in [1.807, 2.05) is 18.2 Å². The van der Waals surface area contributed by atoms with Crippen molar-refractivity contribution in [2.45, 2.75) is 59.8 Å².